The van der Waals surface area contributed by atoms with Crippen molar-refractivity contribution in [1.29, 1.82) is 0 Å². The number of carbonyl (C=O) groups excluding carboxylic acids is 1. The minimum Gasteiger partial charge on any atom is -0.379 e. The summed E-state index contributed by atoms with van der Waals surface area (Å²) in [5.41, 5.74) is 4.74. The molecule has 1 fully saturated rings. The first-order valence-corrected chi connectivity index (χ1v) is 4.76. The molecule has 1 heterocycles. The molecule has 0 aromatic rings. The third kappa shape index (κ3) is 2.19. The van der Waals surface area contributed by atoms with Crippen LogP contribution in [0.15, 0.2) is 0 Å². The Bertz CT molecular complexity index is 188. The van der Waals surface area contributed by atoms with E-state index in [0.717, 1.165) is 6.42 Å². The van der Waals surface area contributed by atoms with Crippen molar-refractivity contribution in [3.63, 3.8) is 0 Å². The van der Waals surface area contributed by atoms with Crippen LogP contribution in [-0.4, -0.2) is 30.7 Å². The highest BCUT2D eigenvalue weighted by molar-refractivity contribution is 5.85. The van der Waals surface area contributed by atoms with Gasteiger partial charge in [0.15, 0.2) is 0 Å². The highest BCUT2D eigenvalue weighted by Gasteiger charge is 2.41. The highest BCUT2D eigenvalue weighted by Crippen LogP contribution is 2.19. The number of rotatable bonds is 4. The molecular weight excluding hydrogens is 168 g/mol. The summed E-state index contributed by atoms with van der Waals surface area (Å²) in [4.78, 5) is 11.3. The quantitative estimate of drug-likeness (QED) is 0.650. The lowest BCUT2D eigenvalue weighted by Gasteiger charge is -2.28. The molecule has 0 spiro atoms. The molecule has 0 radical (unpaired) electrons. The lowest BCUT2D eigenvalue weighted by atomic mass is 9.96. The van der Waals surface area contributed by atoms with Gasteiger partial charge in [-0.2, -0.15) is 0 Å². The zero-order chi connectivity index (χ0) is 9.90. The fraction of sp³-hybridized carbons (Fsp3) is 0.889. The predicted octanol–water partition coefficient (Wildman–Crippen LogP) is 0.0189. The van der Waals surface area contributed by atoms with Crippen molar-refractivity contribution in [2.24, 2.45) is 5.73 Å². The Morgan fingerprint density at radius 2 is 2.46 bits per heavy atom. The topological polar surface area (TPSA) is 64.3 Å². The minimum atomic E-state index is -0.616. The van der Waals surface area contributed by atoms with Gasteiger partial charge in [-0.25, -0.2) is 0 Å². The van der Waals surface area contributed by atoms with Gasteiger partial charge in [-0.3, -0.25) is 10.1 Å². The summed E-state index contributed by atoms with van der Waals surface area (Å²) >= 11 is 0. The van der Waals surface area contributed by atoms with Gasteiger partial charge in [0.25, 0.3) is 0 Å². The van der Waals surface area contributed by atoms with Crippen molar-refractivity contribution < 1.29 is 9.53 Å². The van der Waals surface area contributed by atoms with E-state index in [0.29, 0.717) is 25.7 Å². The average molecular weight is 186 g/mol. The molecule has 0 saturated carbocycles. The van der Waals surface area contributed by atoms with Gasteiger partial charge >= 0.3 is 0 Å². The van der Waals surface area contributed by atoms with Crippen LogP contribution in [0.25, 0.3) is 0 Å². The first-order valence-electron chi connectivity index (χ1n) is 4.76. The molecule has 0 aromatic heterocycles. The van der Waals surface area contributed by atoms with Crippen molar-refractivity contribution in [3.8, 4) is 0 Å². The smallest absolute Gasteiger partial charge is 0.240 e. The number of hydrogen-bond donors (Lipinski definition) is 2. The fourth-order valence-electron chi connectivity index (χ4n) is 1.52. The number of primary amides is 1. The molecule has 1 rings (SSSR count). The average Bonchev–Trinajstić information content (AvgIpc) is 2.54. The SMILES string of the molecule is CCC(C)NC1(C(N)=O)CCOC1. The monoisotopic (exact) mass is 186 g/mol. The van der Waals surface area contributed by atoms with Gasteiger partial charge in [0.2, 0.25) is 5.91 Å². The van der Waals surface area contributed by atoms with E-state index >= 15 is 0 Å². The van der Waals surface area contributed by atoms with Crippen LogP contribution in [0.3, 0.4) is 0 Å². The van der Waals surface area contributed by atoms with Crippen LogP contribution in [0, 0.1) is 0 Å². The molecule has 0 bridgehead atoms. The van der Waals surface area contributed by atoms with E-state index in [9.17, 15) is 4.79 Å². The van der Waals surface area contributed by atoms with Gasteiger partial charge in [0, 0.05) is 19.1 Å². The molecule has 3 N–H and O–H groups in total. The molecule has 1 saturated heterocycles. The zero-order valence-electron chi connectivity index (χ0n) is 8.30. The Labute approximate surface area is 78.8 Å². The Morgan fingerprint density at radius 1 is 1.77 bits per heavy atom. The lowest BCUT2D eigenvalue weighted by molar-refractivity contribution is -0.124. The van der Waals surface area contributed by atoms with Gasteiger partial charge < -0.3 is 10.5 Å². The van der Waals surface area contributed by atoms with Gasteiger partial charge in [-0.15, -0.1) is 0 Å². The van der Waals surface area contributed by atoms with Crippen LogP contribution >= 0.6 is 0 Å². The van der Waals surface area contributed by atoms with Crippen LogP contribution in [0.4, 0.5) is 0 Å². The molecule has 1 amide bonds. The normalized spacial score (nSPS) is 30.3. The van der Waals surface area contributed by atoms with E-state index in [1.165, 1.54) is 0 Å². The molecule has 2 atom stereocenters. The third-order valence-electron chi connectivity index (χ3n) is 2.63. The Kier molecular flexibility index (Phi) is 3.27. The molecule has 4 heteroatoms. The molecule has 13 heavy (non-hydrogen) atoms. The maximum Gasteiger partial charge on any atom is 0.240 e. The summed E-state index contributed by atoms with van der Waals surface area (Å²) in [5, 5.41) is 3.24. The zero-order valence-corrected chi connectivity index (χ0v) is 8.30. The largest absolute Gasteiger partial charge is 0.379 e. The van der Waals surface area contributed by atoms with Crippen molar-refractivity contribution in [2.75, 3.05) is 13.2 Å². The number of carbonyl (C=O) groups is 1. The summed E-state index contributed by atoms with van der Waals surface area (Å²) in [6.07, 6.45) is 1.67. The molecule has 1 aliphatic heterocycles. The maximum absolute atomic E-state index is 11.3. The van der Waals surface area contributed by atoms with E-state index < -0.39 is 5.54 Å². The molecule has 2 unspecified atom stereocenters. The number of nitrogens with two attached hydrogens (primary N) is 1. The summed E-state index contributed by atoms with van der Waals surface area (Å²) in [7, 11) is 0. The van der Waals surface area contributed by atoms with E-state index in [-0.39, 0.29) is 5.91 Å². The Morgan fingerprint density at radius 3 is 2.85 bits per heavy atom. The van der Waals surface area contributed by atoms with Gasteiger partial charge in [-0.1, -0.05) is 6.92 Å². The van der Waals surface area contributed by atoms with Crippen LogP contribution in [0.2, 0.25) is 0 Å². The molecule has 0 aromatic carbocycles. The molecular formula is C9H18N2O2. The van der Waals surface area contributed by atoms with E-state index in [4.69, 9.17) is 10.5 Å². The third-order valence-corrected chi connectivity index (χ3v) is 2.63. The maximum atomic E-state index is 11.3. The second-order valence-electron chi connectivity index (χ2n) is 3.70. The minimum absolute atomic E-state index is 0.300. The standard InChI is InChI=1S/C9H18N2O2/c1-3-7(2)11-9(8(10)12)4-5-13-6-9/h7,11H,3-6H2,1-2H3,(H2,10,12). The Hall–Kier alpha value is -0.610. The van der Waals surface area contributed by atoms with Crippen molar-refractivity contribution in [3.05, 3.63) is 0 Å². The molecule has 1 aliphatic rings. The first-order chi connectivity index (χ1) is 6.10. The number of ether oxygens (including phenoxy) is 1. The Balaban J connectivity index is 2.62. The van der Waals surface area contributed by atoms with Crippen LogP contribution in [0.1, 0.15) is 26.7 Å². The van der Waals surface area contributed by atoms with E-state index in [1.54, 1.807) is 0 Å². The first kappa shape index (κ1) is 10.5. The van der Waals surface area contributed by atoms with Crippen LogP contribution in [0.5, 0.6) is 0 Å². The number of hydrogen-bond acceptors (Lipinski definition) is 3. The molecule has 4 nitrogen and oxygen atoms in total. The van der Waals surface area contributed by atoms with E-state index in [2.05, 4.69) is 12.2 Å². The summed E-state index contributed by atoms with van der Waals surface area (Å²) in [6.45, 7) is 5.14. The second kappa shape index (κ2) is 4.07. The van der Waals surface area contributed by atoms with Crippen molar-refractivity contribution >= 4 is 5.91 Å². The molecule has 76 valence electrons. The highest BCUT2D eigenvalue weighted by atomic mass is 16.5. The number of amides is 1. The van der Waals surface area contributed by atoms with Crippen LogP contribution in [-0.2, 0) is 9.53 Å². The molecule has 0 aliphatic carbocycles. The van der Waals surface area contributed by atoms with E-state index in [1.807, 2.05) is 6.92 Å². The fourth-order valence-corrected chi connectivity index (χ4v) is 1.52. The lowest BCUT2D eigenvalue weighted by Crippen LogP contribution is -2.58. The van der Waals surface area contributed by atoms with Crippen molar-refractivity contribution in [2.45, 2.75) is 38.3 Å². The van der Waals surface area contributed by atoms with Crippen LogP contribution < -0.4 is 11.1 Å². The van der Waals surface area contributed by atoms with Crippen molar-refractivity contribution in [1.82, 2.24) is 5.32 Å². The van der Waals surface area contributed by atoms with Gasteiger partial charge in [0.1, 0.15) is 5.54 Å². The predicted molar refractivity (Wildman–Crippen MR) is 50.3 cm³/mol. The number of nitrogens with one attached hydrogen (secondary N) is 1. The van der Waals surface area contributed by atoms with Gasteiger partial charge in [-0.05, 0) is 13.3 Å². The summed E-state index contributed by atoms with van der Waals surface area (Å²) < 4.78 is 5.20. The summed E-state index contributed by atoms with van der Waals surface area (Å²) in [5.74, 6) is -0.301. The van der Waals surface area contributed by atoms with Gasteiger partial charge in [0.05, 0.1) is 6.61 Å². The second-order valence-corrected chi connectivity index (χ2v) is 3.70. The summed E-state index contributed by atoms with van der Waals surface area (Å²) in [6, 6.07) is 0.300.